The van der Waals surface area contributed by atoms with Crippen molar-refractivity contribution < 1.29 is 0 Å². The molecule has 0 unspecified atom stereocenters. The van der Waals surface area contributed by atoms with E-state index in [2.05, 4.69) is 110 Å². The molecule has 0 fully saturated rings. The number of hydrogen-bond acceptors (Lipinski definition) is 1. The normalized spacial score (nSPS) is 11.3. The Balaban J connectivity index is 1.81. The van der Waals surface area contributed by atoms with Crippen molar-refractivity contribution in [2.75, 3.05) is 19.0 Å². The molecular weight excluding hydrogens is 326 g/mol. The molecular formula is C26H21N. The Morgan fingerprint density at radius 1 is 0.444 bits per heavy atom. The van der Waals surface area contributed by atoms with E-state index in [-0.39, 0.29) is 0 Å². The van der Waals surface area contributed by atoms with Gasteiger partial charge in [0.15, 0.2) is 0 Å². The maximum Gasteiger partial charge on any atom is 0.0361 e. The predicted octanol–water partition coefficient (Wildman–Crippen LogP) is 6.88. The first kappa shape index (κ1) is 15.9. The van der Waals surface area contributed by atoms with Crippen molar-refractivity contribution >= 4 is 38.0 Å². The van der Waals surface area contributed by atoms with E-state index in [0.29, 0.717) is 0 Å². The summed E-state index contributed by atoms with van der Waals surface area (Å²) in [5, 5.41) is 7.92. The van der Waals surface area contributed by atoms with E-state index in [4.69, 9.17) is 0 Å². The molecule has 0 amide bonds. The van der Waals surface area contributed by atoms with Crippen LogP contribution in [0.3, 0.4) is 0 Å². The fraction of sp³-hybridized carbons (Fsp3) is 0.0769. The van der Waals surface area contributed by atoms with E-state index in [1.54, 1.807) is 0 Å². The molecule has 1 heteroatoms. The van der Waals surface area contributed by atoms with Gasteiger partial charge in [-0.05, 0) is 61.6 Å². The lowest BCUT2D eigenvalue weighted by Gasteiger charge is -2.14. The van der Waals surface area contributed by atoms with Gasteiger partial charge in [0.1, 0.15) is 0 Å². The zero-order valence-corrected chi connectivity index (χ0v) is 15.6. The Bertz CT molecular complexity index is 1250. The summed E-state index contributed by atoms with van der Waals surface area (Å²) < 4.78 is 0. The van der Waals surface area contributed by atoms with Crippen molar-refractivity contribution in [3.8, 4) is 11.1 Å². The molecule has 0 spiro atoms. The fourth-order valence-corrected chi connectivity index (χ4v) is 4.04. The van der Waals surface area contributed by atoms with Crippen LogP contribution >= 0.6 is 0 Å². The van der Waals surface area contributed by atoms with Gasteiger partial charge in [-0.3, -0.25) is 0 Å². The van der Waals surface area contributed by atoms with E-state index < -0.39 is 0 Å². The second-order valence-electron chi connectivity index (χ2n) is 7.29. The van der Waals surface area contributed by atoms with Crippen LogP contribution in [0.1, 0.15) is 0 Å². The summed E-state index contributed by atoms with van der Waals surface area (Å²) in [7, 11) is 4.14. The van der Waals surface area contributed by atoms with E-state index >= 15 is 0 Å². The molecule has 0 heterocycles. The highest BCUT2D eigenvalue weighted by Gasteiger charge is 2.09. The molecule has 0 saturated heterocycles. The zero-order chi connectivity index (χ0) is 18.4. The first-order valence-electron chi connectivity index (χ1n) is 9.33. The van der Waals surface area contributed by atoms with Gasteiger partial charge in [0.2, 0.25) is 0 Å². The molecule has 0 saturated carbocycles. The van der Waals surface area contributed by atoms with E-state index in [9.17, 15) is 0 Å². The number of hydrogen-bond donors (Lipinski definition) is 0. The molecule has 5 rings (SSSR count). The van der Waals surface area contributed by atoms with Gasteiger partial charge in [0, 0.05) is 19.8 Å². The van der Waals surface area contributed by atoms with Crippen LogP contribution in [0, 0.1) is 0 Å². The predicted molar refractivity (Wildman–Crippen MR) is 119 cm³/mol. The molecule has 5 aromatic rings. The van der Waals surface area contributed by atoms with Crippen molar-refractivity contribution in [2.24, 2.45) is 0 Å². The highest BCUT2D eigenvalue weighted by atomic mass is 15.1. The third-order valence-corrected chi connectivity index (χ3v) is 5.46. The maximum absolute atomic E-state index is 2.34. The Kier molecular flexibility index (Phi) is 3.61. The van der Waals surface area contributed by atoms with Crippen LogP contribution in [0.25, 0.3) is 43.4 Å². The molecule has 130 valence electrons. The second kappa shape index (κ2) is 6.14. The third-order valence-electron chi connectivity index (χ3n) is 5.46. The van der Waals surface area contributed by atoms with Crippen LogP contribution in [0.2, 0.25) is 0 Å². The summed E-state index contributed by atoms with van der Waals surface area (Å²) in [4.78, 5) is 2.13. The molecule has 0 aromatic heterocycles. The number of fused-ring (bicyclic) bond motifs is 6. The largest absolute Gasteiger partial charge is 0.378 e. The molecule has 0 radical (unpaired) electrons. The van der Waals surface area contributed by atoms with Gasteiger partial charge >= 0.3 is 0 Å². The quantitative estimate of drug-likeness (QED) is 0.315. The number of nitrogens with zero attached hydrogens (tertiary/aromatic N) is 1. The minimum absolute atomic E-state index is 1.22. The minimum atomic E-state index is 1.22. The van der Waals surface area contributed by atoms with Crippen LogP contribution in [-0.4, -0.2) is 14.1 Å². The summed E-state index contributed by atoms with van der Waals surface area (Å²) >= 11 is 0. The molecule has 0 N–H and O–H groups in total. The molecule has 0 aliphatic heterocycles. The van der Waals surface area contributed by atoms with Gasteiger partial charge in [0.05, 0.1) is 0 Å². The fourth-order valence-electron chi connectivity index (χ4n) is 4.04. The monoisotopic (exact) mass is 347 g/mol. The Hall–Kier alpha value is -3.32. The van der Waals surface area contributed by atoms with Gasteiger partial charge < -0.3 is 4.90 Å². The molecule has 1 nitrogen and oxygen atoms in total. The van der Waals surface area contributed by atoms with Crippen molar-refractivity contribution in [2.45, 2.75) is 0 Å². The molecule has 0 aliphatic carbocycles. The van der Waals surface area contributed by atoms with Crippen LogP contribution in [0.15, 0.2) is 91.0 Å². The van der Waals surface area contributed by atoms with Gasteiger partial charge in [-0.1, -0.05) is 72.8 Å². The van der Waals surface area contributed by atoms with Crippen molar-refractivity contribution in [1.82, 2.24) is 0 Å². The zero-order valence-electron chi connectivity index (χ0n) is 15.6. The summed E-state index contributed by atoms with van der Waals surface area (Å²) in [6.07, 6.45) is 0. The van der Waals surface area contributed by atoms with Crippen LogP contribution in [0.5, 0.6) is 0 Å². The molecule has 0 atom stereocenters. The summed E-state index contributed by atoms with van der Waals surface area (Å²) in [6, 6.07) is 33.1. The topological polar surface area (TPSA) is 3.24 Å². The highest BCUT2D eigenvalue weighted by Crippen LogP contribution is 2.37. The van der Waals surface area contributed by atoms with Crippen molar-refractivity contribution in [3.63, 3.8) is 0 Å². The molecule has 27 heavy (non-hydrogen) atoms. The average Bonchev–Trinajstić information content (AvgIpc) is 2.73. The minimum Gasteiger partial charge on any atom is -0.378 e. The van der Waals surface area contributed by atoms with Crippen molar-refractivity contribution in [1.29, 1.82) is 0 Å². The molecule has 0 bridgehead atoms. The number of rotatable bonds is 2. The number of anilines is 1. The van der Waals surface area contributed by atoms with Gasteiger partial charge in [-0.25, -0.2) is 0 Å². The summed E-state index contributed by atoms with van der Waals surface area (Å²) in [5.41, 5.74) is 3.73. The lowest BCUT2D eigenvalue weighted by Crippen LogP contribution is -2.07. The maximum atomic E-state index is 2.34. The average molecular weight is 347 g/mol. The molecule has 0 aliphatic rings. The van der Waals surface area contributed by atoms with Crippen LogP contribution in [0.4, 0.5) is 5.69 Å². The van der Waals surface area contributed by atoms with Crippen molar-refractivity contribution in [3.05, 3.63) is 91.0 Å². The van der Waals surface area contributed by atoms with E-state index in [1.807, 2.05) is 0 Å². The highest BCUT2D eigenvalue weighted by molar-refractivity contribution is 6.25. The summed E-state index contributed by atoms with van der Waals surface area (Å²) in [6.45, 7) is 0. The first-order chi connectivity index (χ1) is 13.2. The SMILES string of the molecule is CN(C)c1ccc(-c2ccc3c4ccccc4c4ccccc4c3c2)cc1. The summed E-state index contributed by atoms with van der Waals surface area (Å²) in [5.74, 6) is 0. The smallest absolute Gasteiger partial charge is 0.0361 e. The Morgan fingerprint density at radius 2 is 0.889 bits per heavy atom. The first-order valence-corrected chi connectivity index (χ1v) is 9.33. The van der Waals surface area contributed by atoms with Crippen LogP contribution < -0.4 is 4.90 Å². The van der Waals surface area contributed by atoms with Gasteiger partial charge in [-0.2, -0.15) is 0 Å². The van der Waals surface area contributed by atoms with E-state index in [1.165, 1.54) is 49.1 Å². The van der Waals surface area contributed by atoms with Gasteiger partial charge in [-0.15, -0.1) is 0 Å². The molecule has 5 aromatic carbocycles. The van der Waals surface area contributed by atoms with Crippen LogP contribution in [-0.2, 0) is 0 Å². The Morgan fingerprint density at radius 3 is 1.41 bits per heavy atom. The third kappa shape index (κ3) is 2.55. The standard InChI is InChI=1S/C26H21N/c1-27(2)20-14-11-18(12-15-20)19-13-16-25-23-9-4-3-7-21(23)22-8-5-6-10-24(22)26(25)17-19/h3-17H,1-2H3. The van der Waals surface area contributed by atoms with Gasteiger partial charge in [0.25, 0.3) is 0 Å². The lowest BCUT2D eigenvalue weighted by molar-refractivity contribution is 1.13. The second-order valence-corrected chi connectivity index (χ2v) is 7.29. The lowest BCUT2D eigenvalue weighted by atomic mass is 9.92. The Labute approximate surface area is 159 Å². The number of benzene rings is 5. The van der Waals surface area contributed by atoms with E-state index in [0.717, 1.165) is 0 Å².